The standard InChI is InChI=1S/C16H19ClN6OS/c1-3-20-25(18,24)12-7-5-11(6-8-12)21-13-9-10-19-16-14(13)15(17)22-23(16)4-2/h5-10H,3-4H2,1-2H3,(H,19,21)(H2,18,20,24). The molecule has 2 heterocycles. The van der Waals surface area contributed by atoms with Gasteiger partial charge in [-0.15, -0.1) is 0 Å². The van der Waals surface area contributed by atoms with Crippen molar-refractivity contribution in [3.05, 3.63) is 41.7 Å². The first-order chi connectivity index (χ1) is 12.0. The van der Waals surface area contributed by atoms with Crippen LogP contribution in [0.2, 0.25) is 5.15 Å². The van der Waals surface area contributed by atoms with E-state index in [1.807, 2.05) is 13.0 Å². The van der Waals surface area contributed by atoms with Gasteiger partial charge in [-0.05, 0) is 44.2 Å². The molecule has 0 saturated carbocycles. The number of nitrogens with two attached hydrogens (primary N) is 1. The predicted octanol–water partition coefficient (Wildman–Crippen LogP) is 3.57. The largest absolute Gasteiger partial charge is 0.355 e. The second-order valence-corrected chi connectivity index (χ2v) is 7.55. The summed E-state index contributed by atoms with van der Waals surface area (Å²) in [5.74, 6) is 0. The molecule has 3 rings (SSSR count). The lowest BCUT2D eigenvalue weighted by Gasteiger charge is -2.09. The predicted molar refractivity (Wildman–Crippen MR) is 102 cm³/mol. The number of pyridine rings is 1. The van der Waals surface area contributed by atoms with Crippen LogP contribution in [0.3, 0.4) is 0 Å². The van der Waals surface area contributed by atoms with Gasteiger partial charge in [-0.2, -0.15) is 5.10 Å². The molecule has 1 unspecified atom stereocenters. The van der Waals surface area contributed by atoms with E-state index in [0.29, 0.717) is 23.1 Å². The van der Waals surface area contributed by atoms with Gasteiger partial charge >= 0.3 is 0 Å². The van der Waals surface area contributed by atoms with E-state index >= 15 is 0 Å². The van der Waals surface area contributed by atoms with E-state index in [1.165, 1.54) is 0 Å². The molecule has 7 nitrogen and oxygen atoms in total. The molecule has 132 valence electrons. The molecular weight excluding hydrogens is 360 g/mol. The highest BCUT2D eigenvalue weighted by molar-refractivity contribution is 7.91. The summed E-state index contributed by atoms with van der Waals surface area (Å²) in [6.07, 6.45) is 1.70. The molecule has 3 N–H and O–H groups in total. The van der Waals surface area contributed by atoms with Crippen molar-refractivity contribution in [2.24, 2.45) is 9.50 Å². The molecule has 3 aromatic rings. The molecule has 0 aliphatic rings. The van der Waals surface area contributed by atoms with Gasteiger partial charge in [0.05, 0.1) is 16.0 Å². The third-order valence-corrected chi connectivity index (χ3v) is 5.54. The summed E-state index contributed by atoms with van der Waals surface area (Å²) in [6, 6.07) is 8.86. The number of fused-ring (bicyclic) bond motifs is 1. The van der Waals surface area contributed by atoms with Crippen molar-refractivity contribution >= 4 is 43.9 Å². The minimum atomic E-state index is -2.84. The Hall–Kier alpha value is -2.16. The van der Waals surface area contributed by atoms with E-state index in [0.717, 1.165) is 22.4 Å². The van der Waals surface area contributed by atoms with E-state index in [-0.39, 0.29) is 0 Å². The van der Waals surface area contributed by atoms with Crippen LogP contribution in [0, 0.1) is 0 Å². The van der Waals surface area contributed by atoms with Gasteiger partial charge in [0.25, 0.3) is 0 Å². The highest BCUT2D eigenvalue weighted by Crippen LogP contribution is 2.31. The lowest BCUT2D eigenvalue weighted by molar-refractivity contribution is 0.676. The second-order valence-electron chi connectivity index (χ2n) is 5.33. The van der Waals surface area contributed by atoms with Crippen molar-refractivity contribution in [1.82, 2.24) is 14.8 Å². The lowest BCUT2D eigenvalue weighted by Crippen LogP contribution is -2.12. The maximum atomic E-state index is 12.3. The van der Waals surface area contributed by atoms with Crippen LogP contribution in [0.5, 0.6) is 0 Å². The van der Waals surface area contributed by atoms with Crippen LogP contribution >= 0.6 is 11.6 Å². The first kappa shape index (κ1) is 17.7. The average Bonchev–Trinajstić information content (AvgIpc) is 2.92. The number of rotatable bonds is 5. The second kappa shape index (κ2) is 6.99. The zero-order chi connectivity index (χ0) is 18.0. The Morgan fingerprint density at radius 3 is 2.64 bits per heavy atom. The lowest BCUT2D eigenvalue weighted by atomic mass is 10.2. The Bertz CT molecular complexity index is 1020. The normalized spacial score (nSPS) is 13.6. The summed E-state index contributed by atoms with van der Waals surface area (Å²) in [5.41, 5.74) is 2.33. The zero-order valence-corrected chi connectivity index (χ0v) is 15.5. The molecule has 0 aliphatic carbocycles. The molecule has 0 amide bonds. The highest BCUT2D eigenvalue weighted by atomic mass is 35.5. The monoisotopic (exact) mass is 378 g/mol. The fraction of sp³-hybridized carbons (Fsp3) is 0.250. The number of aryl methyl sites for hydroxylation is 1. The van der Waals surface area contributed by atoms with Gasteiger partial charge in [0.2, 0.25) is 0 Å². The zero-order valence-electron chi connectivity index (χ0n) is 13.9. The maximum absolute atomic E-state index is 12.3. The Balaban J connectivity index is 1.96. The number of benzene rings is 1. The summed E-state index contributed by atoms with van der Waals surface area (Å²) >= 11 is 6.27. The number of nitrogens with one attached hydrogen (secondary N) is 1. The van der Waals surface area contributed by atoms with Crippen molar-refractivity contribution in [2.45, 2.75) is 25.3 Å². The van der Waals surface area contributed by atoms with E-state index in [1.54, 1.807) is 42.1 Å². The minimum absolute atomic E-state index is 0.399. The van der Waals surface area contributed by atoms with Gasteiger partial charge in [-0.3, -0.25) is 0 Å². The summed E-state index contributed by atoms with van der Waals surface area (Å²) in [4.78, 5) is 4.85. The summed E-state index contributed by atoms with van der Waals surface area (Å²) in [7, 11) is -2.84. The van der Waals surface area contributed by atoms with Gasteiger partial charge in [-0.1, -0.05) is 11.6 Å². The Labute approximate surface area is 151 Å². The smallest absolute Gasteiger partial charge is 0.162 e. The van der Waals surface area contributed by atoms with Gasteiger partial charge < -0.3 is 5.32 Å². The molecule has 0 saturated heterocycles. The molecule has 1 aromatic carbocycles. The van der Waals surface area contributed by atoms with Crippen LogP contribution in [0.4, 0.5) is 11.4 Å². The molecule has 25 heavy (non-hydrogen) atoms. The van der Waals surface area contributed by atoms with Gasteiger partial charge in [0.1, 0.15) is 9.92 Å². The highest BCUT2D eigenvalue weighted by Gasteiger charge is 2.14. The maximum Gasteiger partial charge on any atom is 0.162 e. The molecule has 1 atom stereocenters. The Morgan fingerprint density at radius 1 is 1.28 bits per heavy atom. The SMILES string of the molecule is CCN=S(N)(=O)c1ccc(Nc2ccnc3c2c(Cl)nn3CC)cc1. The fourth-order valence-electron chi connectivity index (χ4n) is 2.53. The molecule has 0 spiro atoms. The van der Waals surface area contributed by atoms with Crippen LogP contribution in [-0.2, 0) is 16.5 Å². The summed E-state index contributed by atoms with van der Waals surface area (Å²) < 4.78 is 18.0. The Morgan fingerprint density at radius 2 is 2.00 bits per heavy atom. The molecular formula is C16H19ClN6OS. The number of aromatic nitrogens is 3. The van der Waals surface area contributed by atoms with Crippen molar-refractivity contribution in [3.63, 3.8) is 0 Å². The fourth-order valence-corrected chi connectivity index (χ4v) is 3.87. The van der Waals surface area contributed by atoms with Crippen molar-refractivity contribution in [2.75, 3.05) is 11.9 Å². The first-order valence-corrected chi connectivity index (χ1v) is 9.80. The molecule has 0 radical (unpaired) electrons. The Kier molecular flexibility index (Phi) is 4.94. The van der Waals surface area contributed by atoms with E-state index < -0.39 is 9.92 Å². The molecule has 0 aliphatic heterocycles. The number of anilines is 2. The van der Waals surface area contributed by atoms with E-state index in [9.17, 15) is 4.21 Å². The number of halogens is 1. The average molecular weight is 379 g/mol. The molecule has 9 heteroatoms. The minimum Gasteiger partial charge on any atom is -0.355 e. The number of hydrogen-bond acceptors (Lipinski definition) is 5. The molecule has 2 aromatic heterocycles. The first-order valence-electron chi connectivity index (χ1n) is 7.85. The summed E-state index contributed by atoms with van der Waals surface area (Å²) in [5, 5.41) is 14.5. The van der Waals surface area contributed by atoms with Gasteiger partial charge in [0, 0.05) is 25.0 Å². The van der Waals surface area contributed by atoms with E-state index in [2.05, 4.69) is 19.8 Å². The van der Waals surface area contributed by atoms with Crippen LogP contribution < -0.4 is 10.5 Å². The summed E-state index contributed by atoms with van der Waals surface area (Å²) in [6.45, 7) is 4.87. The molecule has 0 bridgehead atoms. The molecule has 0 fully saturated rings. The number of nitrogens with zero attached hydrogens (tertiary/aromatic N) is 4. The van der Waals surface area contributed by atoms with Crippen LogP contribution in [0.1, 0.15) is 13.8 Å². The van der Waals surface area contributed by atoms with Gasteiger partial charge in [-0.25, -0.2) is 23.4 Å². The van der Waals surface area contributed by atoms with E-state index in [4.69, 9.17) is 16.7 Å². The van der Waals surface area contributed by atoms with Crippen molar-refractivity contribution < 1.29 is 4.21 Å². The van der Waals surface area contributed by atoms with Crippen LogP contribution in [0.25, 0.3) is 11.0 Å². The van der Waals surface area contributed by atoms with Crippen LogP contribution in [0.15, 0.2) is 45.8 Å². The third kappa shape index (κ3) is 3.46. The number of hydrogen-bond donors (Lipinski definition) is 2. The van der Waals surface area contributed by atoms with Gasteiger partial charge in [0.15, 0.2) is 10.8 Å². The quantitative estimate of drug-likeness (QED) is 0.708. The van der Waals surface area contributed by atoms with Crippen molar-refractivity contribution in [3.8, 4) is 0 Å². The topological polar surface area (TPSA) is 98.2 Å². The van der Waals surface area contributed by atoms with Crippen molar-refractivity contribution in [1.29, 1.82) is 0 Å². The third-order valence-electron chi connectivity index (χ3n) is 3.68. The van der Waals surface area contributed by atoms with Crippen LogP contribution in [-0.4, -0.2) is 25.5 Å².